The quantitative estimate of drug-likeness (QED) is 0.651. The molecule has 1 unspecified atom stereocenters. The van der Waals surface area contributed by atoms with Crippen molar-refractivity contribution in [2.24, 2.45) is 0 Å². The van der Waals surface area contributed by atoms with Gasteiger partial charge in [0.15, 0.2) is 0 Å². The zero-order valence-electron chi connectivity index (χ0n) is 18.9. The van der Waals surface area contributed by atoms with Gasteiger partial charge in [-0.3, -0.25) is 9.69 Å². The van der Waals surface area contributed by atoms with Crippen molar-refractivity contribution in [3.05, 3.63) is 93.2 Å². The minimum atomic E-state index is -0.371. The maximum atomic E-state index is 14.3. The Kier molecular flexibility index (Phi) is 6.33. The number of benzene rings is 2. The lowest BCUT2D eigenvalue weighted by molar-refractivity contribution is 0.207. The first-order valence-electron chi connectivity index (χ1n) is 11.1. The average Bonchev–Trinajstić information content (AvgIpc) is 2.78. The van der Waals surface area contributed by atoms with Crippen molar-refractivity contribution >= 4 is 5.69 Å². The molecule has 1 aliphatic rings. The Labute approximate surface area is 188 Å². The minimum Gasteiger partial charge on any atom is -0.507 e. The molecular formula is C26H30FN3O2. The van der Waals surface area contributed by atoms with Gasteiger partial charge in [0.2, 0.25) is 0 Å². The van der Waals surface area contributed by atoms with Crippen molar-refractivity contribution in [1.82, 2.24) is 9.47 Å². The number of aromatic hydroxyl groups is 1. The number of para-hydroxylation sites is 1. The van der Waals surface area contributed by atoms with E-state index in [4.69, 9.17) is 0 Å². The van der Waals surface area contributed by atoms with Gasteiger partial charge in [-0.25, -0.2) is 4.39 Å². The lowest BCUT2D eigenvalue weighted by Gasteiger charge is -2.40. The van der Waals surface area contributed by atoms with Crippen molar-refractivity contribution in [1.29, 1.82) is 0 Å². The van der Waals surface area contributed by atoms with Gasteiger partial charge in [-0.2, -0.15) is 0 Å². The van der Waals surface area contributed by atoms with Crippen LogP contribution < -0.4 is 10.5 Å². The Morgan fingerprint density at radius 3 is 2.28 bits per heavy atom. The Hall–Kier alpha value is -3.12. The van der Waals surface area contributed by atoms with E-state index in [1.807, 2.05) is 56.0 Å². The predicted octanol–water partition coefficient (Wildman–Crippen LogP) is 4.24. The molecular weight excluding hydrogens is 405 g/mol. The van der Waals surface area contributed by atoms with Gasteiger partial charge in [0, 0.05) is 38.4 Å². The van der Waals surface area contributed by atoms with Crippen LogP contribution in [0.2, 0.25) is 0 Å². The molecule has 0 radical (unpaired) electrons. The molecule has 3 aromatic rings. The lowest BCUT2D eigenvalue weighted by Crippen LogP contribution is -2.49. The van der Waals surface area contributed by atoms with Crippen LogP contribution in [0.15, 0.2) is 59.4 Å². The Morgan fingerprint density at radius 1 is 1.00 bits per heavy atom. The van der Waals surface area contributed by atoms with Gasteiger partial charge in [0.05, 0.1) is 17.3 Å². The van der Waals surface area contributed by atoms with E-state index in [9.17, 15) is 14.3 Å². The van der Waals surface area contributed by atoms with Gasteiger partial charge in [0.25, 0.3) is 5.56 Å². The van der Waals surface area contributed by atoms with Crippen LogP contribution in [0.5, 0.6) is 5.75 Å². The topological polar surface area (TPSA) is 48.7 Å². The molecule has 2 aromatic carbocycles. The van der Waals surface area contributed by atoms with Crippen molar-refractivity contribution < 1.29 is 9.50 Å². The third-order valence-electron chi connectivity index (χ3n) is 6.38. The standard InChI is InChI=1S/C26H30FN3O2/c1-4-30-19(3)17-23(31)24(26(30)32)25(20-11-9-18(2)10-12-20)29-15-13-28(14-16-29)22-8-6-5-7-21(22)27/h5-12,17,25,31H,4,13-16H2,1-3H3. The first-order valence-corrected chi connectivity index (χ1v) is 11.1. The molecule has 4 rings (SSSR count). The molecule has 168 valence electrons. The Morgan fingerprint density at radius 2 is 1.66 bits per heavy atom. The number of hydrogen-bond acceptors (Lipinski definition) is 4. The molecule has 0 saturated carbocycles. The second kappa shape index (κ2) is 9.17. The van der Waals surface area contributed by atoms with E-state index in [0.717, 1.165) is 16.8 Å². The number of halogens is 1. The number of pyridine rings is 1. The zero-order chi connectivity index (χ0) is 22.8. The number of hydrogen-bond donors (Lipinski definition) is 1. The fraction of sp³-hybridized carbons (Fsp3) is 0.346. The first-order chi connectivity index (χ1) is 15.4. The van der Waals surface area contributed by atoms with Gasteiger partial charge < -0.3 is 14.6 Å². The number of aryl methyl sites for hydroxylation is 2. The summed E-state index contributed by atoms with van der Waals surface area (Å²) in [6.07, 6.45) is 0. The second-order valence-corrected chi connectivity index (χ2v) is 8.42. The van der Waals surface area contributed by atoms with E-state index >= 15 is 0 Å². The smallest absolute Gasteiger partial charge is 0.259 e. The molecule has 0 bridgehead atoms. The highest BCUT2D eigenvalue weighted by molar-refractivity contribution is 5.48. The van der Waals surface area contributed by atoms with E-state index < -0.39 is 0 Å². The van der Waals surface area contributed by atoms with Gasteiger partial charge >= 0.3 is 0 Å². The Balaban J connectivity index is 1.72. The molecule has 1 atom stereocenters. The van der Waals surface area contributed by atoms with Crippen LogP contribution in [0.4, 0.5) is 10.1 Å². The number of aromatic nitrogens is 1. The molecule has 32 heavy (non-hydrogen) atoms. The van der Waals surface area contributed by atoms with Gasteiger partial charge in [-0.15, -0.1) is 0 Å². The molecule has 6 heteroatoms. The van der Waals surface area contributed by atoms with E-state index in [-0.39, 0.29) is 23.2 Å². The highest BCUT2D eigenvalue weighted by Crippen LogP contribution is 2.34. The molecule has 2 heterocycles. The van der Waals surface area contributed by atoms with Crippen LogP contribution in [-0.2, 0) is 6.54 Å². The lowest BCUT2D eigenvalue weighted by atomic mass is 9.95. The summed E-state index contributed by atoms with van der Waals surface area (Å²) in [6, 6.07) is 16.2. The van der Waals surface area contributed by atoms with Crippen molar-refractivity contribution in [3.8, 4) is 5.75 Å². The van der Waals surface area contributed by atoms with Gasteiger partial charge in [-0.1, -0.05) is 42.0 Å². The van der Waals surface area contributed by atoms with E-state index in [1.165, 1.54) is 6.07 Å². The molecule has 1 aliphatic heterocycles. The fourth-order valence-electron chi connectivity index (χ4n) is 4.66. The Bertz CT molecular complexity index is 1150. The monoisotopic (exact) mass is 435 g/mol. The molecule has 0 amide bonds. The van der Waals surface area contributed by atoms with Crippen LogP contribution in [-0.4, -0.2) is 40.8 Å². The summed E-state index contributed by atoms with van der Waals surface area (Å²) in [7, 11) is 0. The van der Waals surface area contributed by atoms with E-state index in [0.29, 0.717) is 44.0 Å². The van der Waals surface area contributed by atoms with Crippen LogP contribution in [0.1, 0.15) is 35.3 Å². The second-order valence-electron chi connectivity index (χ2n) is 8.42. The average molecular weight is 436 g/mol. The van der Waals surface area contributed by atoms with E-state index in [2.05, 4.69) is 4.90 Å². The maximum absolute atomic E-state index is 14.3. The largest absolute Gasteiger partial charge is 0.507 e. The highest BCUT2D eigenvalue weighted by atomic mass is 19.1. The van der Waals surface area contributed by atoms with Crippen LogP contribution >= 0.6 is 0 Å². The third-order valence-corrected chi connectivity index (χ3v) is 6.38. The van der Waals surface area contributed by atoms with Crippen LogP contribution in [0.3, 0.4) is 0 Å². The SMILES string of the molecule is CCn1c(C)cc(O)c(C(c2ccc(C)cc2)N2CCN(c3ccccc3F)CC2)c1=O. The predicted molar refractivity (Wildman–Crippen MR) is 126 cm³/mol. The molecule has 5 nitrogen and oxygen atoms in total. The molecule has 1 aromatic heterocycles. The number of rotatable bonds is 5. The summed E-state index contributed by atoms with van der Waals surface area (Å²) in [5.74, 6) is -0.197. The summed E-state index contributed by atoms with van der Waals surface area (Å²) in [5.41, 5.74) is 3.69. The molecule has 0 aliphatic carbocycles. The molecule has 1 N–H and O–H groups in total. The normalized spacial score (nSPS) is 15.7. The summed E-state index contributed by atoms with van der Waals surface area (Å²) in [6.45, 7) is 8.90. The summed E-state index contributed by atoms with van der Waals surface area (Å²) in [5, 5.41) is 10.9. The zero-order valence-corrected chi connectivity index (χ0v) is 18.9. The van der Waals surface area contributed by atoms with Crippen molar-refractivity contribution in [2.75, 3.05) is 31.1 Å². The maximum Gasteiger partial charge on any atom is 0.259 e. The molecule has 0 spiro atoms. The molecule has 1 fully saturated rings. The fourth-order valence-corrected chi connectivity index (χ4v) is 4.66. The van der Waals surface area contributed by atoms with Crippen molar-refractivity contribution in [2.45, 2.75) is 33.4 Å². The van der Waals surface area contributed by atoms with Crippen LogP contribution in [0, 0.1) is 19.7 Å². The first kappa shape index (κ1) is 22.1. The van der Waals surface area contributed by atoms with Crippen LogP contribution in [0.25, 0.3) is 0 Å². The highest BCUT2D eigenvalue weighted by Gasteiger charge is 2.31. The summed E-state index contributed by atoms with van der Waals surface area (Å²) < 4.78 is 16.0. The number of anilines is 1. The summed E-state index contributed by atoms with van der Waals surface area (Å²) >= 11 is 0. The van der Waals surface area contributed by atoms with Gasteiger partial charge in [0.1, 0.15) is 11.6 Å². The van der Waals surface area contributed by atoms with E-state index in [1.54, 1.807) is 22.8 Å². The number of nitrogens with zero attached hydrogens (tertiary/aromatic N) is 3. The molecule has 1 saturated heterocycles. The van der Waals surface area contributed by atoms with Crippen molar-refractivity contribution in [3.63, 3.8) is 0 Å². The minimum absolute atomic E-state index is 0.0271. The van der Waals surface area contributed by atoms with Gasteiger partial charge in [-0.05, 0) is 44.5 Å². The number of piperazine rings is 1. The third kappa shape index (κ3) is 4.15. The summed E-state index contributed by atoms with van der Waals surface area (Å²) in [4.78, 5) is 17.7.